The lowest BCUT2D eigenvalue weighted by molar-refractivity contribution is 0.0985. The molecular formula is C23H30ClFN6O. The number of piperazine rings is 1. The quantitative estimate of drug-likeness (QED) is 0.713. The topological polar surface area (TPSA) is 77.7 Å². The fraction of sp³-hybridized carbons (Fsp3) is 0.478. The maximum atomic E-state index is 13.3. The number of nitrogens with one attached hydrogen (secondary N) is 1. The number of aromatic nitrogens is 1. The summed E-state index contributed by atoms with van der Waals surface area (Å²) >= 11 is 5.80. The monoisotopic (exact) mass is 460 g/mol. The summed E-state index contributed by atoms with van der Waals surface area (Å²) < 4.78 is 13.3. The Balaban J connectivity index is 1.22. The van der Waals surface area contributed by atoms with E-state index < -0.39 is 5.82 Å². The van der Waals surface area contributed by atoms with Gasteiger partial charge in [0.1, 0.15) is 11.6 Å². The van der Waals surface area contributed by atoms with E-state index in [1.54, 1.807) is 11.1 Å². The van der Waals surface area contributed by atoms with Crippen LogP contribution in [0.25, 0.3) is 0 Å². The Morgan fingerprint density at radius 2 is 2.00 bits per heavy atom. The molecule has 0 aliphatic carbocycles. The molecule has 172 valence electrons. The number of anilines is 2. The molecule has 32 heavy (non-hydrogen) atoms. The lowest BCUT2D eigenvalue weighted by Crippen LogP contribution is -2.52. The third kappa shape index (κ3) is 5.88. The SMILES string of the molecule is Nc1ncccc1CN1CCCC(CN2CCN(C(=O)Nc3ccc(F)c(Cl)c3)CC2)C1. The average molecular weight is 461 g/mol. The predicted molar refractivity (Wildman–Crippen MR) is 125 cm³/mol. The first-order chi connectivity index (χ1) is 15.5. The lowest BCUT2D eigenvalue weighted by Gasteiger charge is -2.39. The molecule has 2 aromatic rings. The molecule has 1 unspecified atom stereocenters. The number of nitrogens with zero attached hydrogens (tertiary/aromatic N) is 4. The molecule has 0 saturated carbocycles. The summed E-state index contributed by atoms with van der Waals surface area (Å²) in [6.07, 6.45) is 4.14. The minimum absolute atomic E-state index is 0.000332. The van der Waals surface area contributed by atoms with Crippen LogP contribution in [-0.4, -0.2) is 71.5 Å². The van der Waals surface area contributed by atoms with Gasteiger partial charge in [-0.2, -0.15) is 0 Å². The number of nitrogens with two attached hydrogens (primary N) is 1. The van der Waals surface area contributed by atoms with E-state index in [1.807, 2.05) is 6.07 Å². The van der Waals surface area contributed by atoms with Gasteiger partial charge in [0.25, 0.3) is 0 Å². The van der Waals surface area contributed by atoms with E-state index in [1.165, 1.54) is 31.0 Å². The van der Waals surface area contributed by atoms with Gasteiger partial charge in [-0.25, -0.2) is 14.2 Å². The number of urea groups is 1. The van der Waals surface area contributed by atoms with Crippen LogP contribution in [0.2, 0.25) is 5.02 Å². The molecule has 2 amide bonds. The van der Waals surface area contributed by atoms with Gasteiger partial charge in [-0.3, -0.25) is 9.80 Å². The van der Waals surface area contributed by atoms with Crippen molar-refractivity contribution in [2.24, 2.45) is 5.92 Å². The summed E-state index contributed by atoms with van der Waals surface area (Å²) in [6, 6.07) is 8.02. The molecule has 0 bridgehead atoms. The van der Waals surface area contributed by atoms with Crippen LogP contribution >= 0.6 is 11.6 Å². The number of hydrogen-bond acceptors (Lipinski definition) is 5. The zero-order chi connectivity index (χ0) is 22.5. The summed E-state index contributed by atoms with van der Waals surface area (Å²) in [5.41, 5.74) is 7.61. The van der Waals surface area contributed by atoms with E-state index in [0.29, 0.717) is 30.5 Å². The van der Waals surface area contributed by atoms with Crippen molar-refractivity contribution >= 4 is 29.1 Å². The molecule has 4 rings (SSSR count). The summed E-state index contributed by atoms with van der Waals surface area (Å²) in [7, 11) is 0. The maximum absolute atomic E-state index is 13.3. The number of likely N-dealkylation sites (tertiary alicyclic amines) is 1. The molecule has 2 saturated heterocycles. The summed E-state index contributed by atoms with van der Waals surface area (Å²) in [4.78, 5) is 23.5. The number of piperidine rings is 1. The molecule has 2 aliphatic heterocycles. The highest BCUT2D eigenvalue weighted by molar-refractivity contribution is 6.31. The molecule has 9 heteroatoms. The Morgan fingerprint density at radius 1 is 1.19 bits per heavy atom. The van der Waals surface area contributed by atoms with Crippen LogP contribution in [0, 0.1) is 11.7 Å². The highest BCUT2D eigenvalue weighted by atomic mass is 35.5. The number of carbonyl (C=O) groups is 1. The van der Waals surface area contributed by atoms with Crippen LogP contribution in [0.3, 0.4) is 0 Å². The van der Waals surface area contributed by atoms with E-state index >= 15 is 0 Å². The van der Waals surface area contributed by atoms with Crippen molar-refractivity contribution in [2.75, 3.05) is 56.9 Å². The van der Waals surface area contributed by atoms with Crippen molar-refractivity contribution in [3.8, 4) is 0 Å². The highest BCUT2D eigenvalue weighted by Gasteiger charge is 2.26. The average Bonchev–Trinajstić information content (AvgIpc) is 2.79. The molecule has 3 N–H and O–H groups in total. The Labute approximate surface area is 193 Å². The number of carbonyl (C=O) groups excluding carboxylic acids is 1. The number of benzene rings is 1. The van der Waals surface area contributed by atoms with Gasteiger partial charge >= 0.3 is 6.03 Å². The normalized spacial score (nSPS) is 20.3. The number of pyridine rings is 1. The fourth-order valence-electron chi connectivity index (χ4n) is 4.54. The predicted octanol–water partition coefficient (Wildman–Crippen LogP) is 3.52. The Bertz CT molecular complexity index is 936. The second-order valence-corrected chi connectivity index (χ2v) is 9.05. The molecular weight excluding hydrogens is 431 g/mol. The van der Waals surface area contributed by atoms with Crippen LogP contribution in [-0.2, 0) is 6.54 Å². The molecule has 1 atom stereocenters. The van der Waals surface area contributed by atoms with Gasteiger partial charge in [0.2, 0.25) is 0 Å². The summed E-state index contributed by atoms with van der Waals surface area (Å²) in [5, 5.41) is 2.81. The smallest absolute Gasteiger partial charge is 0.321 e. The van der Waals surface area contributed by atoms with E-state index in [4.69, 9.17) is 17.3 Å². The van der Waals surface area contributed by atoms with Crippen molar-refractivity contribution in [3.63, 3.8) is 0 Å². The molecule has 2 fully saturated rings. The highest BCUT2D eigenvalue weighted by Crippen LogP contribution is 2.22. The zero-order valence-electron chi connectivity index (χ0n) is 18.1. The molecule has 0 radical (unpaired) electrons. The Kier molecular flexibility index (Phi) is 7.44. The van der Waals surface area contributed by atoms with Crippen LogP contribution in [0.5, 0.6) is 0 Å². The summed E-state index contributed by atoms with van der Waals surface area (Å²) in [5.74, 6) is 0.735. The number of amides is 2. The number of rotatable bonds is 5. The fourth-order valence-corrected chi connectivity index (χ4v) is 4.72. The number of halogens is 2. The minimum Gasteiger partial charge on any atom is -0.383 e. The molecule has 7 nitrogen and oxygen atoms in total. The van der Waals surface area contributed by atoms with Gasteiger partial charge < -0.3 is 16.0 Å². The standard InChI is InChI=1S/C23H30ClFN6O/c24-20-13-19(5-6-21(20)25)28-23(32)31-11-9-29(10-12-31)14-17-3-2-8-30(15-17)16-18-4-1-7-27-22(18)26/h1,4-7,13,17H,2-3,8-12,14-16H2,(H2,26,27)(H,28,32). The van der Waals surface area contributed by atoms with Crippen molar-refractivity contribution in [2.45, 2.75) is 19.4 Å². The van der Waals surface area contributed by atoms with E-state index in [-0.39, 0.29) is 11.1 Å². The molecule has 1 aromatic heterocycles. The van der Waals surface area contributed by atoms with Crippen LogP contribution < -0.4 is 11.1 Å². The first kappa shape index (κ1) is 22.8. The van der Waals surface area contributed by atoms with Gasteiger partial charge in [0.05, 0.1) is 5.02 Å². The van der Waals surface area contributed by atoms with E-state index in [0.717, 1.165) is 44.8 Å². The maximum Gasteiger partial charge on any atom is 0.321 e. The van der Waals surface area contributed by atoms with Crippen molar-refractivity contribution in [1.29, 1.82) is 0 Å². The first-order valence-corrected chi connectivity index (χ1v) is 11.5. The Morgan fingerprint density at radius 3 is 2.75 bits per heavy atom. The molecule has 2 aliphatic rings. The van der Waals surface area contributed by atoms with Crippen LogP contribution in [0.4, 0.5) is 20.7 Å². The van der Waals surface area contributed by atoms with Gasteiger partial charge in [-0.05, 0) is 49.6 Å². The van der Waals surface area contributed by atoms with E-state index in [9.17, 15) is 9.18 Å². The third-order valence-electron chi connectivity index (χ3n) is 6.27. The van der Waals surface area contributed by atoms with Crippen molar-refractivity contribution in [3.05, 3.63) is 52.9 Å². The molecule has 0 spiro atoms. The van der Waals surface area contributed by atoms with Crippen LogP contribution in [0.15, 0.2) is 36.5 Å². The third-order valence-corrected chi connectivity index (χ3v) is 6.56. The second-order valence-electron chi connectivity index (χ2n) is 8.64. The second kappa shape index (κ2) is 10.5. The lowest BCUT2D eigenvalue weighted by atomic mass is 9.96. The molecule has 3 heterocycles. The van der Waals surface area contributed by atoms with Crippen LogP contribution in [0.1, 0.15) is 18.4 Å². The number of hydrogen-bond donors (Lipinski definition) is 2. The van der Waals surface area contributed by atoms with Gasteiger partial charge in [-0.15, -0.1) is 0 Å². The Hall–Kier alpha value is -2.42. The summed E-state index contributed by atoms with van der Waals surface area (Å²) in [6.45, 7) is 7.08. The van der Waals surface area contributed by atoms with Gasteiger partial charge in [-0.1, -0.05) is 17.7 Å². The largest absolute Gasteiger partial charge is 0.383 e. The van der Waals surface area contributed by atoms with Gasteiger partial charge in [0, 0.05) is 63.3 Å². The first-order valence-electron chi connectivity index (χ1n) is 11.1. The van der Waals surface area contributed by atoms with Crippen molar-refractivity contribution in [1.82, 2.24) is 19.7 Å². The molecule has 1 aromatic carbocycles. The number of nitrogen functional groups attached to an aromatic ring is 1. The van der Waals surface area contributed by atoms with Crippen molar-refractivity contribution < 1.29 is 9.18 Å². The zero-order valence-corrected chi connectivity index (χ0v) is 18.9. The van der Waals surface area contributed by atoms with E-state index in [2.05, 4.69) is 26.2 Å². The van der Waals surface area contributed by atoms with Gasteiger partial charge in [0.15, 0.2) is 0 Å². The minimum atomic E-state index is -0.497.